The van der Waals surface area contributed by atoms with E-state index in [1.54, 1.807) is 23.0 Å². The van der Waals surface area contributed by atoms with Gasteiger partial charge in [0.15, 0.2) is 5.13 Å². The molecule has 0 radical (unpaired) electrons. The van der Waals surface area contributed by atoms with E-state index in [1.807, 2.05) is 20.0 Å². The van der Waals surface area contributed by atoms with Gasteiger partial charge in [0.1, 0.15) is 5.75 Å². The van der Waals surface area contributed by atoms with Gasteiger partial charge in [0.25, 0.3) is 0 Å². The van der Waals surface area contributed by atoms with E-state index in [-0.39, 0.29) is 18.1 Å². The molecule has 2 heterocycles. The molecule has 142 valence electrons. The summed E-state index contributed by atoms with van der Waals surface area (Å²) in [5.74, 6) is -0.0619. The molecular weight excluding hydrogens is 374 g/mol. The zero-order valence-corrected chi connectivity index (χ0v) is 15.6. The van der Waals surface area contributed by atoms with Crippen molar-refractivity contribution in [2.45, 2.75) is 33.4 Å². The number of halogens is 2. The Kier molecular flexibility index (Phi) is 5.80. The Bertz CT molecular complexity index is 922. The molecule has 0 saturated carbocycles. The maximum Gasteiger partial charge on any atom is 0.387 e. The summed E-state index contributed by atoms with van der Waals surface area (Å²) in [6.45, 7) is 1.46. The number of rotatable bonds is 7. The molecule has 3 aromatic rings. The molecule has 0 aliphatic heterocycles. The van der Waals surface area contributed by atoms with Crippen molar-refractivity contribution in [1.82, 2.24) is 14.8 Å². The van der Waals surface area contributed by atoms with Gasteiger partial charge >= 0.3 is 6.61 Å². The summed E-state index contributed by atoms with van der Waals surface area (Å²) in [5, 5.41) is 7.43. The number of hydrogen-bond acceptors (Lipinski definition) is 5. The Balaban J connectivity index is 1.62. The van der Waals surface area contributed by atoms with E-state index < -0.39 is 6.61 Å². The van der Waals surface area contributed by atoms with E-state index in [1.165, 1.54) is 23.5 Å². The SMILES string of the molecule is Cc1cnn(CCC(=O)Nc2nc(-c3ccc(OC(F)F)cc3)c(C)s2)c1. The first-order valence-corrected chi connectivity index (χ1v) is 9.04. The number of thiazole rings is 1. The lowest BCUT2D eigenvalue weighted by molar-refractivity contribution is -0.116. The number of benzene rings is 1. The number of aryl methyl sites for hydroxylation is 3. The molecule has 1 aromatic carbocycles. The van der Waals surface area contributed by atoms with Crippen LogP contribution in [0.15, 0.2) is 36.7 Å². The van der Waals surface area contributed by atoms with Crippen molar-refractivity contribution >= 4 is 22.4 Å². The number of hydrogen-bond donors (Lipinski definition) is 1. The van der Waals surface area contributed by atoms with Crippen LogP contribution in [0, 0.1) is 13.8 Å². The highest BCUT2D eigenvalue weighted by Crippen LogP contribution is 2.31. The maximum absolute atomic E-state index is 12.2. The van der Waals surface area contributed by atoms with Gasteiger partial charge in [-0.2, -0.15) is 13.9 Å². The fourth-order valence-electron chi connectivity index (χ4n) is 2.50. The predicted octanol–water partition coefficient (Wildman–Crippen LogP) is 4.25. The molecule has 1 amide bonds. The molecule has 1 N–H and O–H groups in total. The van der Waals surface area contributed by atoms with Crippen LogP contribution < -0.4 is 10.1 Å². The standard InChI is InChI=1S/C18H18F2N4O2S/c1-11-9-21-24(10-11)8-7-15(25)22-18-23-16(12(2)27-18)13-3-5-14(6-4-13)26-17(19)20/h3-6,9-10,17H,7-8H2,1-2H3,(H,22,23,25). The molecule has 6 nitrogen and oxygen atoms in total. The third-order valence-electron chi connectivity index (χ3n) is 3.73. The van der Waals surface area contributed by atoms with Crippen LogP contribution in [0.25, 0.3) is 11.3 Å². The van der Waals surface area contributed by atoms with Crippen LogP contribution in [0.2, 0.25) is 0 Å². The number of carbonyl (C=O) groups excluding carboxylic acids is 1. The van der Waals surface area contributed by atoms with E-state index in [0.29, 0.717) is 17.4 Å². The summed E-state index contributed by atoms with van der Waals surface area (Å²) in [7, 11) is 0. The van der Waals surface area contributed by atoms with Crippen LogP contribution in [-0.4, -0.2) is 27.3 Å². The van der Waals surface area contributed by atoms with Gasteiger partial charge in [-0.1, -0.05) is 0 Å². The summed E-state index contributed by atoms with van der Waals surface area (Å²) in [4.78, 5) is 17.5. The van der Waals surface area contributed by atoms with Crippen molar-refractivity contribution < 1.29 is 18.3 Å². The van der Waals surface area contributed by atoms with Gasteiger partial charge in [-0.3, -0.25) is 9.48 Å². The molecule has 0 fully saturated rings. The number of carbonyl (C=O) groups is 1. The molecule has 0 bridgehead atoms. The molecule has 0 saturated heterocycles. The molecule has 0 aliphatic carbocycles. The molecule has 0 aliphatic rings. The van der Waals surface area contributed by atoms with Crippen molar-refractivity contribution in [2.24, 2.45) is 0 Å². The zero-order chi connectivity index (χ0) is 19.4. The lowest BCUT2D eigenvalue weighted by Gasteiger charge is -2.05. The third kappa shape index (κ3) is 5.10. The predicted molar refractivity (Wildman–Crippen MR) is 99.1 cm³/mol. The van der Waals surface area contributed by atoms with Crippen molar-refractivity contribution in [1.29, 1.82) is 0 Å². The van der Waals surface area contributed by atoms with Crippen LogP contribution in [0.4, 0.5) is 13.9 Å². The number of amides is 1. The van der Waals surface area contributed by atoms with Crippen molar-refractivity contribution in [2.75, 3.05) is 5.32 Å². The fourth-order valence-corrected chi connectivity index (χ4v) is 3.35. The van der Waals surface area contributed by atoms with Crippen LogP contribution >= 0.6 is 11.3 Å². The number of nitrogens with one attached hydrogen (secondary N) is 1. The Labute approximate surface area is 158 Å². The summed E-state index contributed by atoms with van der Waals surface area (Å²) < 4.78 is 30.5. The number of ether oxygens (including phenoxy) is 1. The largest absolute Gasteiger partial charge is 0.435 e. The van der Waals surface area contributed by atoms with Crippen LogP contribution in [0.1, 0.15) is 16.9 Å². The highest BCUT2D eigenvalue weighted by molar-refractivity contribution is 7.16. The highest BCUT2D eigenvalue weighted by atomic mass is 32.1. The van der Waals surface area contributed by atoms with Gasteiger partial charge in [-0.25, -0.2) is 4.98 Å². The second-order valence-electron chi connectivity index (χ2n) is 5.91. The van der Waals surface area contributed by atoms with Crippen LogP contribution in [0.3, 0.4) is 0 Å². The lowest BCUT2D eigenvalue weighted by atomic mass is 10.1. The second-order valence-corrected chi connectivity index (χ2v) is 7.11. The first-order chi connectivity index (χ1) is 12.9. The normalized spacial score (nSPS) is 11.0. The molecule has 2 aromatic heterocycles. The topological polar surface area (TPSA) is 69.0 Å². The van der Waals surface area contributed by atoms with Gasteiger partial charge in [-0.05, 0) is 43.7 Å². The molecule has 0 spiro atoms. The molecule has 3 rings (SSSR count). The number of aromatic nitrogens is 3. The van der Waals surface area contributed by atoms with E-state index in [0.717, 1.165) is 16.0 Å². The van der Waals surface area contributed by atoms with Crippen LogP contribution in [-0.2, 0) is 11.3 Å². The van der Waals surface area contributed by atoms with E-state index in [4.69, 9.17) is 0 Å². The minimum Gasteiger partial charge on any atom is -0.435 e. The minimum absolute atomic E-state index is 0.0871. The van der Waals surface area contributed by atoms with Crippen molar-refractivity contribution in [3.05, 3.63) is 47.1 Å². The average Bonchev–Trinajstić information content (AvgIpc) is 3.19. The Morgan fingerprint density at radius 2 is 2.04 bits per heavy atom. The Morgan fingerprint density at radius 3 is 2.67 bits per heavy atom. The average molecular weight is 392 g/mol. The summed E-state index contributed by atoms with van der Waals surface area (Å²) in [6, 6.07) is 6.24. The van der Waals surface area contributed by atoms with Gasteiger partial charge in [0, 0.05) is 29.6 Å². The van der Waals surface area contributed by atoms with Gasteiger partial charge in [0.05, 0.1) is 11.9 Å². The number of nitrogens with zero attached hydrogens (tertiary/aromatic N) is 3. The molecule has 0 atom stereocenters. The van der Waals surface area contributed by atoms with E-state index in [9.17, 15) is 13.6 Å². The lowest BCUT2D eigenvalue weighted by Crippen LogP contribution is -2.14. The Morgan fingerprint density at radius 1 is 1.30 bits per heavy atom. The van der Waals surface area contributed by atoms with E-state index in [2.05, 4.69) is 20.1 Å². The quantitative estimate of drug-likeness (QED) is 0.653. The first-order valence-electron chi connectivity index (χ1n) is 8.22. The first kappa shape index (κ1) is 19.0. The summed E-state index contributed by atoms with van der Waals surface area (Å²) >= 11 is 1.36. The molecule has 27 heavy (non-hydrogen) atoms. The minimum atomic E-state index is -2.86. The summed E-state index contributed by atoms with van der Waals surface area (Å²) in [6.07, 6.45) is 3.90. The Hall–Kier alpha value is -2.81. The second kappa shape index (κ2) is 8.26. The molecule has 9 heteroatoms. The van der Waals surface area contributed by atoms with Crippen LogP contribution in [0.5, 0.6) is 5.75 Å². The highest BCUT2D eigenvalue weighted by Gasteiger charge is 2.13. The smallest absolute Gasteiger partial charge is 0.387 e. The number of alkyl halides is 2. The molecular formula is C18H18F2N4O2S. The number of anilines is 1. The molecule has 0 unspecified atom stereocenters. The fraction of sp³-hybridized carbons (Fsp3) is 0.278. The van der Waals surface area contributed by atoms with Gasteiger partial charge in [-0.15, -0.1) is 11.3 Å². The maximum atomic E-state index is 12.2. The van der Waals surface area contributed by atoms with Crippen molar-refractivity contribution in [3.63, 3.8) is 0 Å². The third-order valence-corrected chi connectivity index (χ3v) is 4.61. The zero-order valence-electron chi connectivity index (χ0n) is 14.8. The summed E-state index contributed by atoms with van der Waals surface area (Å²) in [5.41, 5.74) is 2.50. The monoisotopic (exact) mass is 392 g/mol. The van der Waals surface area contributed by atoms with Gasteiger partial charge in [0.2, 0.25) is 5.91 Å². The van der Waals surface area contributed by atoms with Gasteiger partial charge < -0.3 is 10.1 Å². The van der Waals surface area contributed by atoms with Crippen molar-refractivity contribution in [3.8, 4) is 17.0 Å². The van der Waals surface area contributed by atoms with E-state index >= 15 is 0 Å².